The van der Waals surface area contributed by atoms with E-state index in [0.717, 1.165) is 37.0 Å². The largest absolute Gasteiger partial charge is 0.380 e. The van der Waals surface area contributed by atoms with Crippen molar-refractivity contribution >= 4 is 38.8 Å². The van der Waals surface area contributed by atoms with Gasteiger partial charge >= 0.3 is 0 Å². The molecule has 1 aliphatic carbocycles. The fourth-order valence-electron chi connectivity index (χ4n) is 2.62. The Morgan fingerprint density at radius 3 is 2.78 bits per heavy atom. The van der Waals surface area contributed by atoms with Crippen molar-refractivity contribution in [1.29, 1.82) is 0 Å². The number of pyridine rings is 1. The van der Waals surface area contributed by atoms with E-state index in [1.54, 1.807) is 0 Å². The molecule has 2 aromatic rings. The number of aromatic nitrogens is 1. The molecule has 2 nitrogen and oxygen atoms in total. The maximum absolute atomic E-state index is 6.20. The average Bonchev–Trinajstić information content (AvgIpc) is 3.18. The second-order valence-electron chi connectivity index (χ2n) is 5.38. The summed E-state index contributed by atoms with van der Waals surface area (Å²) in [6.07, 6.45) is 9.78. The smallest absolute Gasteiger partial charge is 0.131 e. The lowest BCUT2D eigenvalue weighted by atomic mass is 10.1. The normalized spacial score (nSPS) is 13.0. The van der Waals surface area contributed by atoms with Crippen molar-refractivity contribution in [3.63, 3.8) is 0 Å². The fourth-order valence-corrected chi connectivity index (χ4v) is 4.15. The number of fused-ring (bicyclic) bond motifs is 1. The van der Waals surface area contributed by atoms with Crippen LogP contribution >= 0.6 is 22.9 Å². The molecule has 0 saturated heterocycles. The maximum atomic E-state index is 6.20. The molecule has 3 rings (SSSR count). The Kier molecular flexibility index (Phi) is 6.67. The highest BCUT2D eigenvalue weighted by atomic mass is 35.5. The molecule has 23 heavy (non-hydrogen) atoms. The maximum Gasteiger partial charge on any atom is 0.131 e. The van der Waals surface area contributed by atoms with Gasteiger partial charge < -0.3 is 5.32 Å². The molecule has 0 aromatic carbocycles. The Bertz CT molecular complexity index is 729. The number of hydrogen-bond acceptors (Lipinski definition) is 3. The van der Waals surface area contributed by atoms with Crippen molar-refractivity contribution < 1.29 is 0 Å². The molecule has 124 valence electrons. The van der Waals surface area contributed by atoms with Gasteiger partial charge in [0.2, 0.25) is 0 Å². The van der Waals surface area contributed by atoms with Crippen LogP contribution in [-0.2, 0) is 6.42 Å². The van der Waals surface area contributed by atoms with Crippen molar-refractivity contribution in [2.45, 2.75) is 47.0 Å². The predicted octanol–water partition coefficient (Wildman–Crippen LogP) is 6.54. The van der Waals surface area contributed by atoms with Gasteiger partial charge in [-0.05, 0) is 30.9 Å². The predicted molar refractivity (Wildman–Crippen MR) is 105 cm³/mol. The van der Waals surface area contributed by atoms with Gasteiger partial charge in [-0.3, -0.25) is 0 Å². The van der Waals surface area contributed by atoms with E-state index in [0.29, 0.717) is 5.15 Å². The van der Waals surface area contributed by atoms with Crippen LogP contribution in [0.3, 0.4) is 0 Å². The summed E-state index contributed by atoms with van der Waals surface area (Å²) in [6.45, 7) is 9.23. The first kappa shape index (κ1) is 18.0. The van der Waals surface area contributed by atoms with Crippen molar-refractivity contribution in [3.05, 3.63) is 45.5 Å². The summed E-state index contributed by atoms with van der Waals surface area (Å²) in [4.78, 5) is 5.95. The standard InChI is InChI=1S/C17H19ClN2S.C2H6/c1-3-6-14-11(2)16-17(21-14)13(9-15(18)20-16)19-10-12-7-4-5-8-12;1-2/h4-5,7,9H,3,6,8,10H2,1-2H3,(H,19,20);1-2H3. The zero-order valence-electron chi connectivity index (χ0n) is 14.4. The van der Waals surface area contributed by atoms with Gasteiger partial charge in [-0.1, -0.05) is 57.0 Å². The third-order valence-corrected chi connectivity index (χ3v) is 5.34. The highest BCUT2D eigenvalue weighted by Gasteiger charge is 2.14. The number of allylic oxidation sites excluding steroid dienone is 3. The minimum atomic E-state index is 0.562. The van der Waals surface area contributed by atoms with Crippen LogP contribution in [0, 0.1) is 6.92 Å². The van der Waals surface area contributed by atoms with Gasteiger partial charge in [0.15, 0.2) is 0 Å². The summed E-state index contributed by atoms with van der Waals surface area (Å²) in [7, 11) is 0. The fraction of sp³-hybridized carbons (Fsp3) is 0.421. The van der Waals surface area contributed by atoms with Gasteiger partial charge in [0, 0.05) is 17.5 Å². The minimum Gasteiger partial charge on any atom is -0.380 e. The quantitative estimate of drug-likeness (QED) is 0.621. The SMILES string of the molecule is CC.CCCc1sc2c(NCC3=CC=CC3)cc(Cl)nc2c1C. The van der Waals surface area contributed by atoms with Crippen molar-refractivity contribution in [1.82, 2.24) is 4.98 Å². The van der Waals surface area contributed by atoms with Crippen LogP contribution in [0.4, 0.5) is 5.69 Å². The molecule has 2 heterocycles. The molecule has 1 N–H and O–H groups in total. The molecular weight excluding hydrogens is 324 g/mol. The van der Waals surface area contributed by atoms with Crippen LogP contribution in [0.25, 0.3) is 10.2 Å². The van der Waals surface area contributed by atoms with E-state index in [-0.39, 0.29) is 0 Å². The van der Waals surface area contributed by atoms with Crippen molar-refractivity contribution in [2.24, 2.45) is 0 Å². The molecule has 0 unspecified atom stereocenters. The second-order valence-corrected chi connectivity index (χ2v) is 6.87. The molecule has 0 spiro atoms. The summed E-state index contributed by atoms with van der Waals surface area (Å²) in [5.74, 6) is 0. The van der Waals surface area contributed by atoms with Crippen molar-refractivity contribution in [2.75, 3.05) is 11.9 Å². The number of hydrogen-bond donors (Lipinski definition) is 1. The van der Waals surface area contributed by atoms with E-state index in [2.05, 4.69) is 42.4 Å². The summed E-state index contributed by atoms with van der Waals surface area (Å²) >= 11 is 8.05. The third kappa shape index (κ3) is 4.15. The van der Waals surface area contributed by atoms with E-state index >= 15 is 0 Å². The first-order valence-electron chi connectivity index (χ1n) is 8.36. The summed E-state index contributed by atoms with van der Waals surface area (Å²) in [5.41, 5.74) is 4.84. The molecule has 0 fully saturated rings. The molecule has 0 radical (unpaired) electrons. The Hall–Kier alpha value is -1.32. The Labute approximate surface area is 148 Å². The molecule has 0 saturated carbocycles. The van der Waals surface area contributed by atoms with Crippen LogP contribution in [-0.4, -0.2) is 11.5 Å². The first-order chi connectivity index (χ1) is 11.2. The van der Waals surface area contributed by atoms with Gasteiger partial charge in [-0.25, -0.2) is 4.98 Å². The number of aryl methyl sites for hydroxylation is 2. The topological polar surface area (TPSA) is 24.9 Å². The zero-order valence-corrected chi connectivity index (χ0v) is 15.9. The second kappa shape index (κ2) is 8.51. The molecule has 0 bridgehead atoms. The van der Waals surface area contributed by atoms with Gasteiger partial charge in [-0.2, -0.15) is 0 Å². The molecule has 0 aliphatic heterocycles. The van der Waals surface area contributed by atoms with Crippen molar-refractivity contribution in [3.8, 4) is 0 Å². The van der Waals surface area contributed by atoms with Gasteiger partial charge in [0.25, 0.3) is 0 Å². The lowest BCUT2D eigenvalue weighted by Gasteiger charge is -2.08. The molecule has 1 aliphatic rings. The molecule has 4 heteroatoms. The Morgan fingerprint density at radius 2 is 2.13 bits per heavy atom. The van der Waals surface area contributed by atoms with Crippen LogP contribution < -0.4 is 5.32 Å². The van der Waals surface area contributed by atoms with Crippen LogP contribution in [0.2, 0.25) is 5.15 Å². The van der Waals surface area contributed by atoms with E-state index in [9.17, 15) is 0 Å². The van der Waals surface area contributed by atoms with E-state index in [4.69, 9.17) is 11.6 Å². The number of rotatable bonds is 5. The molecule has 0 amide bonds. The van der Waals surface area contributed by atoms with Crippen LogP contribution in [0.15, 0.2) is 29.9 Å². The van der Waals surface area contributed by atoms with Gasteiger partial charge in [0.05, 0.1) is 15.9 Å². The Morgan fingerprint density at radius 1 is 1.35 bits per heavy atom. The number of nitrogens with zero attached hydrogens (tertiary/aromatic N) is 1. The first-order valence-corrected chi connectivity index (χ1v) is 9.55. The lowest BCUT2D eigenvalue weighted by molar-refractivity contribution is 0.933. The zero-order chi connectivity index (χ0) is 16.8. The third-order valence-electron chi connectivity index (χ3n) is 3.77. The summed E-state index contributed by atoms with van der Waals surface area (Å²) in [6, 6.07) is 1.94. The average molecular weight is 349 g/mol. The molecular formula is C19H25ClN2S. The summed E-state index contributed by atoms with van der Waals surface area (Å²) < 4.78 is 1.23. The van der Waals surface area contributed by atoms with E-state index in [1.807, 2.05) is 31.3 Å². The van der Waals surface area contributed by atoms with Crippen LogP contribution in [0.5, 0.6) is 0 Å². The number of anilines is 1. The number of thiophene rings is 1. The molecule has 2 aromatic heterocycles. The van der Waals surface area contributed by atoms with E-state index < -0.39 is 0 Å². The lowest BCUT2D eigenvalue weighted by Crippen LogP contribution is -2.03. The number of nitrogens with one attached hydrogen (secondary N) is 1. The van der Waals surface area contributed by atoms with E-state index in [1.165, 1.54) is 20.7 Å². The number of halogens is 1. The summed E-state index contributed by atoms with van der Waals surface area (Å²) in [5, 5.41) is 4.09. The minimum absolute atomic E-state index is 0.562. The van der Waals surface area contributed by atoms with Crippen LogP contribution in [0.1, 0.15) is 44.1 Å². The molecule has 0 atom stereocenters. The Balaban J connectivity index is 0.000000924. The highest BCUT2D eigenvalue weighted by Crippen LogP contribution is 2.37. The monoisotopic (exact) mass is 348 g/mol. The van der Waals surface area contributed by atoms with Gasteiger partial charge in [0.1, 0.15) is 5.15 Å². The van der Waals surface area contributed by atoms with Gasteiger partial charge in [-0.15, -0.1) is 11.3 Å². The highest BCUT2D eigenvalue weighted by molar-refractivity contribution is 7.19.